The number of carbonyl (C=O) groups is 3. The Morgan fingerprint density at radius 2 is 1.68 bits per heavy atom. The molecule has 1 atom stereocenters. The summed E-state index contributed by atoms with van der Waals surface area (Å²) in [6.45, 7) is 9.64. The molecule has 6 heteroatoms. The Morgan fingerprint density at radius 3 is 2.21 bits per heavy atom. The molecule has 0 aliphatic rings. The first-order valence-electron chi connectivity index (χ1n) is 9.36. The summed E-state index contributed by atoms with van der Waals surface area (Å²) >= 11 is 0. The molecular weight excluding hydrogens is 356 g/mol. The first-order chi connectivity index (χ1) is 13.2. The number of esters is 1. The number of nitrogens with zero attached hydrogens (tertiary/aromatic N) is 1. The molecular formula is C22H28N2O4. The van der Waals surface area contributed by atoms with Gasteiger partial charge in [0.25, 0.3) is 5.91 Å². The van der Waals surface area contributed by atoms with Gasteiger partial charge in [0.1, 0.15) is 5.69 Å². The summed E-state index contributed by atoms with van der Waals surface area (Å²) < 4.78 is 4.78. The number of rotatable bonds is 7. The maximum absolute atomic E-state index is 13.3. The van der Waals surface area contributed by atoms with E-state index in [1.165, 1.54) is 7.11 Å². The molecule has 2 rings (SSSR count). The molecule has 2 aromatic rings. The number of amides is 1. The number of benzene rings is 1. The van der Waals surface area contributed by atoms with Crippen molar-refractivity contribution in [3.63, 3.8) is 0 Å². The lowest BCUT2D eigenvalue weighted by atomic mass is 9.98. The molecule has 150 valence electrons. The quantitative estimate of drug-likeness (QED) is 0.582. The van der Waals surface area contributed by atoms with E-state index in [-0.39, 0.29) is 23.3 Å². The lowest BCUT2D eigenvalue weighted by molar-refractivity contribution is 0.0591. The monoisotopic (exact) mass is 384 g/mol. The molecule has 1 heterocycles. The van der Waals surface area contributed by atoms with Crippen LogP contribution in [0.15, 0.2) is 30.3 Å². The first kappa shape index (κ1) is 21.4. The van der Waals surface area contributed by atoms with Crippen molar-refractivity contribution in [2.45, 2.75) is 40.7 Å². The number of carbonyl (C=O) groups excluding carboxylic acids is 3. The molecule has 0 fully saturated rings. The van der Waals surface area contributed by atoms with Gasteiger partial charge in [0.2, 0.25) is 0 Å². The SMILES string of the molecule is COC(=O)c1[nH]c(C)c(C(=O)[C@H](C)N(CC(C)C)C(=O)c2ccccc2)c1C. The zero-order valence-electron chi connectivity index (χ0n) is 17.3. The number of hydrogen-bond donors (Lipinski definition) is 1. The number of ether oxygens (including phenoxy) is 1. The van der Waals surface area contributed by atoms with Gasteiger partial charge in [0.15, 0.2) is 5.78 Å². The van der Waals surface area contributed by atoms with Gasteiger partial charge >= 0.3 is 5.97 Å². The standard InChI is InChI=1S/C22H28N2O4/c1-13(2)12-24(21(26)17-10-8-7-9-11-17)16(5)20(25)18-14(3)19(22(27)28-6)23-15(18)4/h7-11,13,16,23H,12H2,1-6H3/t16-/m0/s1. The second-order valence-electron chi connectivity index (χ2n) is 7.37. The van der Waals surface area contributed by atoms with Crippen molar-refractivity contribution in [1.29, 1.82) is 0 Å². The number of nitrogens with one attached hydrogen (secondary N) is 1. The lowest BCUT2D eigenvalue weighted by Gasteiger charge is -2.30. The molecule has 1 N–H and O–H groups in total. The smallest absolute Gasteiger partial charge is 0.354 e. The third-order valence-corrected chi connectivity index (χ3v) is 4.76. The van der Waals surface area contributed by atoms with E-state index < -0.39 is 12.0 Å². The van der Waals surface area contributed by atoms with Crippen LogP contribution in [0.5, 0.6) is 0 Å². The number of H-pyrrole nitrogens is 1. The highest BCUT2D eigenvalue weighted by Gasteiger charge is 2.31. The summed E-state index contributed by atoms with van der Waals surface area (Å²) in [7, 11) is 1.30. The number of methoxy groups -OCH3 is 1. The molecule has 0 radical (unpaired) electrons. The third-order valence-electron chi connectivity index (χ3n) is 4.76. The summed E-state index contributed by atoms with van der Waals surface area (Å²) in [5, 5.41) is 0. The maximum Gasteiger partial charge on any atom is 0.354 e. The first-order valence-corrected chi connectivity index (χ1v) is 9.36. The Bertz CT molecular complexity index is 868. The van der Waals surface area contributed by atoms with Gasteiger partial charge in [-0.1, -0.05) is 32.0 Å². The van der Waals surface area contributed by atoms with E-state index in [0.717, 1.165) is 0 Å². The van der Waals surface area contributed by atoms with Crippen molar-refractivity contribution in [3.05, 3.63) is 58.4 Å². The van der Waals surface area contributed by atoms with Crippen LogP contribution >= 0.6 is 0 Å². The molecule has 6 nitrogen and oxygen atoms in total. The number of aromatic nitrogens is 1. The van der Waals surface area contributed by atoms with Crippen LogP contribution < -0.4 is 0 Å². The zero-order valence-corrected chi connectivity index (χ0v) is 17.3. The van der Waals surface area contributed by atoms with Crippen molar-refractivity contribution < 1.29 is 19.1 Å². The number of Topliss-reactive ketones (excluding diaryl/α,β-unsaturated/α-hetero) is 1. The van der Waals surface area contributed by atoms with Gasteiger partial charge in [-0.3, -0.25) is 9.59 Å². The Hall–Kier alpha value is -2.89. The fourth-order valence-corrected chi connectivity index (χ4v) is 3.33. The predicted octanol–water partition coefficient (Wildman–Crippen LogP) is 3.79. The van der Waals surface area contributed by atoms with Gasteiger partial charge in [-0.25, -0.2) is 4.79 Å². The van der Waals surface area contributed by atoms with E-state index in [2.05, 4.69) is 4.98 Å². The minimum Gasteiger partial charge on any atom is -0.464 e. The molecule has 1 aromatic heterocycles. The van der Waals surface area contributed by atoms with Gasteiger partial charge in [-0.05, 0) is 44.4 Å². The second-order valence-corrected chi connectivity index (χ2v) is 7.37. The zero-order chi connectivity index (χ0) is 21.0. The van der Waals surface area contributed by atoms with Crippen molar-refractivity contribution in [2.24, 2.45) is 5.92 Å². The highest BCUT2D eigenvalue weighted by Crippen LogP contribution is 2.23. The Balaban J connectivity index is 2.41. The number of ketones is 1. The van der Waals surface area contributed by atoms with Crippen molar-refractivity contribution in [1.82, 2.24) is 9.88 Å². The Kier molecular flexibility index (Phi) is 6.78. The van der Waals surface area contributed by atoms with Gasteiger partial charge in [0.05, 0.1) is 13.2 Å². The van der Waals surface area contributed by atoms with Crippen LogP contribution in [0.3, 0.4) is 0 Å². The van der Waals surface area contributed by atoms with E-state index in [4.69, 9.17) is 4.74 Å². The summed E-state index contributed by atoms with van der Waals surface area (Å²) in [5.41, 5.74) is 2.37. The molecule has 0 aliphatic heterocycles. The van der Waals surface area contributed by atoms with E-state index >= 15 is 0 Å². The van der Waals surface area contributed by atoms with E-state index in [1.54, 1.807) is 49.9 Å². The molecule has 0 aliphatic carbocycles. The normalized spacial score (nSPS) is 12.0. The molecule has 0 bridgehead atoms. The Morgan fingerprint density at radius 1 is 1.07 bits per heavy atom. The van der Waals surface area contributed by atoms with Gasteiger partial charge in [-0.15, -0.1) is 0 Å². The highest BCUT2D eigenvalue weighted by molar-refractivity contribution is 6.07. The average molecular weight is 384 g/mol. The Labute approximate surface area is 165 Å². The van der Waals surface area contributed by atoms with E-state index in [0.29, 0.717) is 28.9 Å². The lowest BCUT2D eigenvalue weighted by Crippen LogP contribution is -2.45. The number of hydrogen-bond acceptors (Lipinski definition) is 4. The molecule has 28 heavy (non-hydrogen) atoms. The molecule has 1 amide bonds. The van der Waals surface area contributed by atoms with Gasteiger partial charge in [0, 0.05) is 23.4 Å². The summed E-state index contributed by atoms with van der Waals surface area (Å²) in [4.78, 5) is 42.9. The van der Waals surface area contributed by atoms with Crippen LogP contribution in [-0.2, 0) is 4.74 Å². The minimum atomic E-state index is -0.672. The van der Waals surface area contributed by atoms with Gasteiger partial charge < -0.3 is 14.6 Å². The average Bonchev–Trinajstić information content (AvgIpc) is 2.98. The maximum atomic E-state index is 13.3. The topological polar surface area (TPSA) is 79.5 Å². The van der Waals surface area contributed by atoms with E-state index in [9.17, 15) is 14.4 Å². The van der Waals surface area contributed by atoms with E-state index in [1.807, 2.05) is 19.9 Å². The molecule has 1 aromatic carbocycles. The number of aryl methyl sites for hydroxylation is 1. The minimum absolute atomic E-state index is 0.186. The largest absolute Gasteiger partial charge is 0.464 e. The summed E-state index contributed by atoms with van der Waals surface area (Å²) in [6.07, 6.45) is 0. The second kappa shape index (κ2) is 8.87. The fourth-order valence-electron chi connectivity index (χ4n) is 3.33. The molecule has 0 saturated carbocycles. The summed E-state index contributed by atoms with van der Waals surface area (Å²) in [6, 6.07) is 8.27. The summed E-state index contributed by atoms with van der Waals surface area (Å²) in [5.74, 6) is -0.714. The third kappa shape index (κ3) is 4.32. The van der Waals surface area contributed by atoms with Crippen LogP contribution in [0.2, 0.25) is 0 Å². The van der Waals surface area contributed by atoms with Crippen LogP contribution in [0.4, 0.5) is 0 Å². The fraction of sp³-hybridized carbons (Fsp3) is 0.409. The van der Waals surface area contributed by atoms with Gasteiger partial charge in [-0.2, -0.15) is 0 Å². The molecule has 0 saturated heterocycles. The van der Waals surface area contributed by atoms with Crippen LogP contribution in [0, 0.1) is 19.8 Å². The van der Waals surface area contributed by atoms with Crippen molar-refractivity contribution >= 4 is 17.7 Å². The van der Waals surface area contributed by atoms with Crippen molar-refractivity contribution in [2.75, 3.05) is 13.7 Å². The molecule has 0 unspecified atom stereocenters. The van der Waals surface area contributed by atoms with Crippen LogP contribution in [0.1, 0.15) is 63.2 Å². The molecule has 0 spiro atoms. The highest BCUT2D eigenvalue weighted by atomic mass is 16.5. The predicted molar refractivity (Wildman–Crippen MR) is 108 cm³/mol. The van der Waals surface area contributed by atoms with Crippen molar-refractivity contribution in [3.8, 4) is 0 Å². The number of aromatic amines is 1. The van der Waals surface area contributed by atoms with Crippen LogP contribution in [0.25, 0.3) is 0 Å². The van der Waals surface area contributed by atoms with Crippen LogP contribution in [-0.4, -0.2) is 47.2 Å².